The second-order valence-electron chi connectivity index (χ2n) is 7.03. The first-order valence-corrected chi connectivity index (χ1v) is 6.45. The van der Waals surface area contributed by atoms with Crippen molar-refractivity contribution in [3.63, 3.8) is 0 Å². The van der Waals surface area contributed by atoms with Gasteiger partial charge in [0.25, 0.3) is 0 Å². The van der Waals surface area contributed by atoms with Crippen LogP contribution in [0.25, 0.3) is 0 Å². The summed E-state index contributed by atoms with van der Waals surface area (Å²) in [5.74, 6) is 0. The van der Waals surface area contributed by atoms with Crippen molar-refractivity contribution in [2.45, 2.75) is 53.0 Å². The monoisotopic (exact) mass is 233 g/mol. The topological polar surface area (TPSA) is 22.0 Å². The highest BCUT2D eigenvalue weighted by atomic mass is 16.1. The molecule has 0 N–H and O–H groups in total. The van der Waals surface area contributed by atoms with Crippen LogP contribution >= 0.6 is 0 Å². The molecule has 94 valence electrons. The minimum absolute atomic E-state index is 0.358. The molecule has 1 aromatic heterocycles. The first-order chi connectivity index (χ1) is 7.83. The zero-order valence-electron chi connectivity index (χ0n) is 11.4. The Kier molecular flexibility index (Phi) is 2.92. The molecule has 17 heavy (non-hydrogen) atoms. The van der Waals surface area contributed by atoms with Crippen molar-refractivity contribution in [3.8, 4) is 0 Å². The second kappa shape index (κ2) is 4.01. The van der Waals surface area contributed by atoms with Crippen LogP contribution < -0.4 is 0 Å². The van der Waals surface area contributed by atoms with Crippen LogP contribution in [0.2, 0.25) is 0 Å². The second-order valence-corrected chi connectivity index (χ2v) is 7.03. The molecule has 2 nitrogen and oxygen atoms in total. The molecule has 0 aliphatic heterocycles. The van der Waals surface area contributed by atoms with Crippen LogP contribution in [0.4, 0.5) is 0 Å². The van der Waals surface area contributed by atoms with Gasteiger partial charge >= 0.3 is 0 Å². The third-order valence-electron chi connectivity index (χ3n) is 3.86. The normalized spacial score (nSPS) is 23.5. The van der Waals surface area contributed by atoms with Crippen LogP contribution in [0.5, 0.6) is 0 Å². The number of hydrogen-bond acceptors (Lipinski definition) is 1. The Morgan fingerprint density at radius 3 is 2.35 bits per heavy atom. The molecule has 1 aliphatic carbocycles. The van der Waals surface area contributed by atoms with Gasteiger partial charge in [0.15, 0.2) is 6.29 Å². The van der Waals surface area contributed by atoms with Crippen LogP contribution in [0.3, 0.4) is 0 Å². The number of carbonyl (C=O) groups is 1. The summed E-state index contributed by atoms with van der Waals surface area (Å²) in [6.45, 7) is 9.35. The highest BCUT2D eigenvalue weighted by Crippen LogP contribution is 2.50. The summed E-state index contributed by atoms with van der Waals surface area (Å²) in [5.41, 5.74) is 1.52. The minimum atomic E-state index is 0.358. The zero-order chi connectivity index (χ0) is 12.7. The average molecular weight is 233 g/mol. The molecule has 0 saturated heterocycles. The van der Waals surface area contributed by atoms with Gasteiger partial charge in [-0.1, -0.05) is 27.7 Å². The minimum Gasteiger partial charge on any atom is -0.342 e. The molecule has 2 heteroatoms. The molecule has 1 aromatic rings. The summed E-state index contributed by atoms with van der Waals surface area (Å²) >= 11 is 0. The lowest BCUT2D eigenvalue weighted by atomic mass is 9.63. The smallest absolute Gasteiger partial charge is 0.166 e. The third kappa shape index (κ3) is 2.62. The van der Waals surface area contributed by atoms with Crippen molar-refractivity contribution in [1.29, 1.82) is 0 Å². The summed E-state index contributed by atoms with van der Waals surface area (Å²) in [7, 11) is 0. The summed E-state index contributed by atoms with van der Waals surface area (Å²) in [6.07, 6.45) is 6.59. The largest absolute Gasteiger partial charge is 0.342 e. The maximum absolute atomic E-state index is 11.0. The summed E-state index contributed by atoms with van der Waals surface area (Å²) in [6, 6.07) is 4.34. The number of hydrogen-bond donors (Lipinski definition) is 0. The van der Waals surface area contributed by atoms with Crippen LogP contribution in [0, 0.1) is 10.8 Å². The molecule has 0 amide bonds. The van der Waals surface area contributed by atoms with E-state index in [-0.39, 0.29) is 0 Å². The Bertz CT molecular complexity index is 398. The van der Waals surface area contributed by atoms with Gasteiger partial charge in [0, 0.05) is 12.2 Å². The highest BCUT2D eigenvalue weighted by Gasteiger charge is 2.39. The Morgan fingerprint density at radius 1 is 1.24 bits per heavy atom. The molecular weight excluding hydrogens is 210 g/mol. The van der Waals surface area contributed by atoms with E-state index in [1.165, 1.54) is 6.42 Å². The van der Waals surface area contributed by atoms with Gasteiger partial charge < -0.3 is 4.57 Å². The van der Waals surface area contributed by atoms with Crippen LogP contribution in [-0.4, -0.2) is 10.9 Å². The maximum atomic E-state index is 11.0. The van der Waals surface area contributed by atoms with E-state index in [4.69, 9.17) is 0 Å². The van der Waals surface area contributed by atoms with E-state index in [0.29, 0.717) is 16.9 Å². The van der Waals surface area contributed by atoms with Gasteiger partial charge in [-0.3, -0.25) is 4.79 Å². The van der Waals surface area contributed by atoms with E-state index in [2.05, 4.69) is 32.3 Å². The fourth-order valence-corrected chi connectivity index (χ4v) is 3.82. The summed E-state index contributed by atoms with van der Waals surface area (Å²) in [5, 5.41) is 0. The molecule has 1 saturated carbocycles. The Labute approximate surface area is 104 Å². The standard InChI is InChI=1S/C15H23NO/c1-14(2)8-13(9-15(3,4)11-14)16-7-5-6-12(16)10-17/h5-7,10,13H,8-9,11H2,1-4H3. The van der Waals surface area contributed by atoms with Crippen LogP contribution in [-0.2, 0) is 0 Å². The van der Waals surface area contributed by atoms with E-state index >= 15 is 0 Å². The van der Waals surface area contributed by atoms with Crippen molar-refractivity contribution >= 4 is 6.29 Å². The van der Waals surface area contributed by atoms with Gasteiger partial charge in [-0.25, -0.2) is 0 Å². The first kappa shape index (κ1) is 12.4. The van der Waals surface area contributed by atoms with Crippen molar-refractivity contribution in [3.05, 3.63) is 24.0 Å². The van der Waals surface area contributed by atoms with Crippen LogP contribution in [0.15, 0.2) is 18.3 Å². The lowest BCUT2D eigenvalue weighted by Crippen LogP contribution is -2.35. The first-order valence-electron chi connectivity index (χ1n) is 6.45. The number of carbonyl (C=O) groups excluding carboxylic acids is 1. The fraction of sp³-hybridized carbons (Fsp3) is 0.667. The third-order valence-corrected chi connectivity index (χ3v) is 3.86. The number of aromatic nitrogens is 1. The molecule has 0 bridgehead atoms. The predicted octanol–water partition coefficient (Wildman–Crippen LogP) is 4.08. The van der Waals surface area contributed by atoms with Gasteiger partial charge in [-0.2, -0.15) is 0 Å². The molecule has 0 unspecified atom stereocenters. The molecule has 0 atom stereocenters. The van der Waals surface area contributed by atoms with Gasteiger partial charge in [0.1, 0.15) is 0 Å². The average Bonchev–Trinajstić information content (AvgIpc) is 2.59. The van der Waals surface area contributed by atoms with E-state index in [1.54, 1.807) is 0 Å². The number of aldehydes is 1. The molecule has 0 aromatic carbocycles. The summed E-state index contributed by atoms with van der Waals surface area (Å²) in [4.78, 5) is 11.0. The van der Waals surface area contributed by atoms with E-state index in [9.17, 15) is 4.79 Å². The highest BCUT2D eigenvalue weighted by molar-refractivity contribution is 5.72. The molecule has 0 spiro atoms. The van der Waals surface area contributed by atoms with Crippen molar-refractivity contribution in [1.82, 2.24) is 4.57 Å². The SMILES string of the molecule is CC1(C)CC(n2cccc2C=O)CC(C)(C)C1. The lowest BCUT2D eigenvalue weighted by Gasteiger charge is -2.45. The van der Waals surface area contributed by atoms with E-state index in [0.717, 1.165) is 24.8 Å². The van der Waals surface area contributed by atoms with Gasteiger partial charge in [0.2, 0.25) is 0 Å². The molecular formula is C15H23NO. The van der Waals surface area contributed by atoms with Gasteiger partial charge in [-0.15, -0.1) is 0 Å². The van der Waals surface area contributed by atoms with Crippen LogP contribution in [0.1, 0.15) is 63.5 Å². The van der Waals surface area contributed by atoms with E-state index in [1.807, 2.05) is 18.3 Å². The summed E-state index contributed by atoms with van der Waals surface area (Å²) < 4.78 is 2.16. The number of nitrogens with zero attached hydrogens (tertiary/aromatic N) is 1. The lowest BCUT2D eigenvalue weighted by molar-refractivity contribution is 0.0708. The van der Waals surface area contributed by atoms with Crippen molar-refractivity contribution < 1.29 is 4.79 Å². The Morgan fingerprint density at radius 2 is 1.82 bits per heavy atom. The fourth-order valence-electron chi connectivity index (χ4n) is 3.82. The molecule has 1 aliphatic rings. The Hall–Kier alpha value is -1.05. The number of rotatable bonds is 2. The molecule has 2 rings (SSSR count). The van der Waals surface area contributed by atoms with Crippen molar-refractivity contribution in [2.24, 2.45) is 10.8 Å². The van der Waals surface area contributed by atoms with Gasteiger partial charge in [0.05, 0.1) is 5.69 Å². The quantitative estimate of drug-likeness (QED) is 0.705. The molecule has 0 radical (unpaired) electrons. The zero-order valence-corrected chi connectivity index (χ0v) is 11.4. The maximum Gasteiger partial charge on any atom is 0.166 e. The Balaban J connectivity index is 2.30. The predicted molar refractivity (Wildman–Crippen MR) is 70.3 cm³/mol. The van der Waals surface area contributed by atoms with E-state index < -0.39 is 0 Å². The molecule has 1 heterocycles. The van der Waals surface area contributed by atoms with Gasteiger partial charge in [-0.05, 0) is 42.2 Å². The van der Waals surface area contributed by atoms with Crippen molar-refractivity contribution in [2.75, 3.05) is 0 Å². The molecule has 1 fully saturated rings.